The van der Waals surface area contributed by atoms with Crippen molar-refractivity contribution in [3.63, 3.8) is 0 Å². The van der Waals surface area contributed by atoms with Gasteiger partial charge in [-0.05, 0) is 23.6 Å². The molecule has 0 unspecified atom stereocenters. The molecule has 0 aromatic rings. The molecule has 0 radical (unpaired) electrons. The van der Waals surface area contributed by atoms with E-state index in [9.17, 15) is 0 Å². The summed E-state index contributed by atoms with van der Waals surface area (Å²) in [5.74, 6) is 0. The summed E-state index contributed by atoms with van der Waals surface area (Å²) in [6.07, 6.45) is 0. The van der Waals surface area contributed by atoms with Crippen molar-refractivity contribution in [2.75, 3.05) is 0 Å². The molecule has 0 spiro atoms. The zero-order valence-corrected chi connectivity index (χ0v) is 15.5. The van der Waals surface area contributed by atoms with Crippen LogP contribution in [0.25, 0.3) is 0 Å². The zero-order chi connectivity index (χ0) is 13.0. The minimum Gasteiger partial charge on any atom is -0.325 e. The van der Waals surface area contributed by atoms with Crippen LogP contribution in [0.5, 0.6) is 0 Å². The Hall–Kier alpha value is 1.68. The van der Waals surface area contributed by atoms with Gasteiger partial charge in [-0.1, -0.05) is 27.7 Å². The van der Waals surface area contributed by atoms with Gasteiger partial charge in [0.25, 0.3) is 0 Å². The van der Waals surface area contributed by atoms with Crippen LogP contribution in [0, 0.1) is 0 Å². The first-order valence-electron chi connectivity index (χ1n) is 3.57. The monoisotopic (exact) mass is 352 g/mol. The Balaban J connectivity index is -0.0000000318. The van der Waals surface area contributed by atoms with Crippen LogP contribution in [0.3, 0.4) is 0 Å². The first kappa shape index (κ1) is 30.1. The van der Waals surface area contributed by atoms with Crippen molar-refractivity contribution in [3.05, 3.63) is 0 Å². The van der Waals surface area contributed by atoms with Crippen LogP contribution in [-0.2, 0) is 43.1 Å². The Morgan fingerprint density at radius 3 is 0.600 bits per heavy atom. The standard InChI is InChI=1S/2C2H6.2H3O3PS.Zn/c2*1-2;2*1-4(2,3)5;/h2*1-2H3;2*(H3,1,2,3,5);. The predicted octanol–water partition coefficient (Wildman–Crippen LogP) is 0.425. The molecule has 6 nitrogen and oxygen atoms in total. The number of hydrogen-bond donors (Lipinski definition) is 6. The molecule has 0 amide bonds. The molecule has 0 rings (SSSR count). The third kappa shape index (κ3) is 1040. The Kier molecular flexibility index (Phi) is 36.2. The second-order valence-electron chi connectivity index (χ2n) is 1.03. The second-order valence-corrected chi connectivity index (χ2v) is 6.02. The van der Waals surface area contributed by atoms with E-state index in [1.54, 1.807) is 0 Å². The van der Waals surface area contributed by atoms with Crippen LogP contribution < -0.4 is 0 Å². The van der Waals surface area contributed by atoms with Gasteiger partial charge >= 0.3 is 13.4 Å². The van der Waals surface area contributed by atoms with Crippen molar-refractivity contribution in [1.82, 2.24) is 0 Å². The minimum atomic E-state index is -3.81. The summed E-state index contributed by atoms with van der Waals surface area (Å²) < 4.78 is 0. The molecule has 0 aliphatic carbocycles. The van der Waals surface area contributed by atoms with Crippen molar-refractivity contribution >= 4 is 37.1 Å². The topological polar surface area (TPSA) is 121 Å². The van der Waals surface area contributed by atoms with Gasteiger partial charge in [-0.15, -0.1) is 0 Å². The van der Waals surface area contributed by atoms with Crippen LogP contribution in [0.4, 0.5) is 0 Å². The number of rotatable bonds is 0. The fraction of sp³-hybridized carbons (Fsp3) is 1.00. The molecule has 0 aliphatic heterocycles. The molecule has 0 heterocycles. The normalized spacial score (nSPS) is 8.67. The Bertz CT molecular complexity index is 143. The van der Waals surface area contributed by atoms with E-state index in [1.165, 1.54) is 0 Å². The summed E-state index contributed by atoms with van der Waals surface area (Å²) in [5.41, 5.74) is 0. The smallest absolute Gasteiger partial charge is 0.319 e. The Morgan fingerprint density at radius 1 is 0.600 bits per heavy atom. The van der Waals surface area contributed by atoms with E-state index in [0.29, 0.717) is 0 Å². The van der Waals surface area contributed by atoms with Crippen LogP contribution >= 0.6 is 13.4 Å². The maximum absolute atomic E-state index is 7.56. The summed E-state index contributed by atoms with van der Waals surface area (Å²) >= 11 is 7.21. The van der Waals surface area contributed by atoms with E-state index in [2.05, 4.69) is 23.6 Å². The van der Waals surface area contributed by atoms with Crippen LogP contribution in [0.15, 0.2) is 0 Å². The second kappa shape index (κ2) is 18.1. The molecular weight excluding hydrogens is 336 g/mol. The molecule has 0 fully saturated rings. The van der Waals surface area contributed by atoms with Crippen molar-refractivity contribution in [2.24, 2.45) is 0 Å². The van der Waals surface area contributed by atoms with Gasteiger partial charge in [0.05, 0.1) is 0 Å². The maximum Gasteiger partial charge on any atom is 0.319 e. The van der Waals surface area contributed by atoms with Gasteiger partial charge in [0, 0.05) is 19.5 Å². The Morgan fingerprint density at radius 2 is 0.600 bits per heavy atom. The average molecular weight is 354 g/mol. The summed E-state index contributed by atoms with van der Waals surface area (Å²) in [6.45, 7) is 0.389. The predicted molar refractivity (Wildman–Crippen MR) is 64.6 cm³/mol. The summed E-state index contributed by atoms with van der Waals surface area (Å²) in [6, 6.07) is 0. The van der Waals surface area contributed by atoms with Crippen LogP contribution in [0.1, 0.15) is 27.7 Å². The molecule has 0 bridgehead atoms. The molecule has 0 atom stereocenters. The fourth-order valence-electron chi connectivity index (χ4n) is 0. The largest absolute Gasteiger partial charge is 0.325 e. The van der Waals surface area contributed by atoms with Gasteiger partial charge in [-0.2, -0.15) is 0 Å². The van der Waals surface area contributed by atoms with Crippen molar-refractivity contribution in [3.8, 4) is 0 Å². The van der Waals surface area contributed by atoms with E-state index in [-0.39, 0.29) is 19.5 Å². The van der Waals surface area contributed by atoms with Gasteiger partial charge in [-0.3, -0.25) is 0 Å². The number of hydrogen-bond acceptors (Lipinski definition) is 2. The minimum absolute atomic E-state index is 0. The SMILES string of the molecule is CC.CC.OP(O)(O)=S.OP(O)(O)=S.[Zn]. The van der Waals surface area contributed by atoms with Gasteiger partial charge in [-0.25, -0.2) is 0 Å². The van der Waals surface area contributed by atoms with E-state index in [4.69, 9.17) is 29.4 Å². The summed E-state index contributed by atoms with van der Waals surface area (Å²) in [7, 11) is 0. The molecule has 0 saturated heterocycles. The zero-order valence-electron chi connectivity index (χ0n) is 9.10. The summed E-state index contributed by atoms with van der Waals surface area (Å²) in [5, 5.41) is 0. The molecule has 94 valence electrons. The summed E-state index contributed by atoms with van der Waals surface area (Å²) in [4.78, 5) is 45.3. The Labute approximate surface area is 113 Å². The maximum atomic E-state index is 7.56. The third-order valence-electron chi connectivity index (χ3n) is 0. The van der Waals surface area contributed by atoms with Crippen LogP contribution in [-0.4, -0.2) is 29.4 Å². The molecule has 6 N–H and O–H groups in total. The molecule has 0 saturated carbocycles. The van der Waals surface area contributed by atoms with E-state index >= 15 is 0 Å². The first-order chi connectivity index (χ1) is 6.00. The quantitative estimate of drug-likeness (QED) is 0.274. The van der Waals surface area contributed by atoms with Crippen molar-refractivity contribution in [2.45, 2.75) is 27.7 Å². The van der Waals surface area contributed by atoms with Gasteiger partial charge in [0.2, 0.25) is 0 Å². The van der Waals surface area contributed by atoms with Crippen LogP contribution in [0.2, 0.25) is 0 Å². The van der Waals surface area contributed by atoms with E-state index in [0.717, 1.165) is 0 Å². The molecular formula is C4H18O6P2S2Zn. The molecule has 0 aliphatic rings. The third-order valence-corrected chi connectivity index (χ3v) is 0. The average Bonchev–Trinajstić information content (AvgIpc) is 1.88. The molecule has 0 aromatic heterocycles. The van der Waals surface area contributed by atoms with Gasteiger partial charge in [0.15, 0.2) is 0 Å². The van der Waals surface area contributed by atoms with Crippen molar-refractivity contribution in [1.29, 1.82) is 0 Å². The fourth-order valence-corrected chi connectivity index (χ4v) is 0. The first-order valence-corrected chi connectivity index (χ1v) is 8.89. The molecule has 15 heavy (non-hydrogen) atoms. The van der Waals surface area contributed by atoms with E-state index < -0.39 is 13.4 Å². The van der Waals surface area contributed by atoms with Gasteiger partial charge < -0.3 is 29.4 Å². The van der Waals surface area contributed by atoms with Gasteiger partial charge in [0.1, 0.15) is 0 Å². The molecule has 11 heteroatoms. The van der Waals surface area contributed by atoms with E-state index in [1.807, 2.05) is 27.7 Å². The van der Waals surface area contributed by atoms with Crippen molar-refractivity contribution < 1.29 is 48.8 Å². The molecule has 0 aromatic carbocycles.